The van der Waals surface area contributed by atoms with Gasteiger partial charge in [-0.05, 0) is 38.1 Å². The van der Waals surface area contributed by atoms with E-state index in [-0.39, 0.29) is 17.5 Å². The maximum Gasteiger partial charge on any atom is 0.308 e. The van der Waals surface area contributed by atoms with Crippen molar-refractivity contribution in [3.05, 3.63) is 35.4 Å². The number of aliphatic hydroxyl groups excluding tert-OH is 1. The molecule has 0 saturated carbocycles. The van der Waals surface area contributed by atoms with Crippen molar-refractivity contribution in [1.82, 2.24) is 4.90 Å². The lowest BCUT2D eigenvalue weighted by atomic mass is 9.53. The molecule has 1 saturated heterocycles. The van der Waals surface area contributed by atoms with Crippen LogP contribution in [0.2, 0.25) is 0 Å². The lowest BCUT2D eigenvalue weighted by molar-refractivity contribution is -0.132. The van der Waals surface area contributed by atoms with Crippen molar-refractivity contribution < 1.29 is 19.4 Å². The van der Waals surface area contributed by atoms with Crippen molar-refractivity contribution in [2.75, 3.05) is 13.6 Å². The Labute approximate surface area is 140 Å². The van der Waals surface area contributed by atoms with Gasteiger partial charge in [0.05, 0.1) is 0 Å². The minimum atomic E-state index is -0.631. The topological polar surface area (TPSA) is 59.0 Å². The lowest BCUT2D eigenvalue weighted by Crippen LogP contribution is -2.64. The number of piperidine rings is 1. The van der Waals surface area contributed by atoms with Gasteiger partial charge in [0.15, 0.2) is 11.5 Å². The van der Waals surface area contributed by atoms with Gasteiger partial charge in [-0.2, -0.15) is 0 Å². The zero-order chi connectivity index (χ0) is 16.6. The molecule has 0 aromatic heterocycles. The molecular weight excluding hydrogens is 306 g/mol. The van der Waals surface area contributed by atoms with E-state index in [2.05, 4.69) is 24.1 Å². The molecule has 2 aliphatic heterocycles. The van der Waals surface area contributed by atoms with Crippen LogP contribution in [0.5, 0.6) is 11.5 Å². The van der Waals surface area contributed by atoms with Crippen LogP contribution in [-0.4, -0.2) is 47.8 Å². The Morgan fingerprint density at radius 2 is 2.25 bits per heavy atom. The molecule has 1 spiro atoms. The highest BCUT2D eigenvalue weighted by Crippen LogP contribution is 2.62. The second-order valence-corrected chi connectivity index (χ2v) is 7.50. The van der Waals surface area contributed by atoms with Crippen LogP contribution in [0.1, 0.15) is 24.5 Å². The van der Waals surface area contributed by atoms with E-state index >= 15 is 0 Å². The first-order valence-corrected chi connectivity index (χ1v) is 8.60. The van der Waals surface area contributed by atoms with Crippen LogP contribution in [0.3, 0.4) is 0 Å². The Bertz CT molecular complexity index is 773. The minimum absolute atomic E-state index is 0.204. The van der Waals surface area contributed by atoms with Gasteiger partial charge in [0.1, 0.15) is 12.2 Å². The number of esters is 1. The van der Waals surface area contributed by atoms with Gasteiger partial charge in [-0.15, -0.1) is 0 Å². The summed E-state index contributed by atoms with van der Waals surface area (Å²) in [7, 11) is 2.18. The number of benzene rings is 1. The Hall–Kier alpha value is -1.85. The molecule has 5 heteroatoms. The molecule has 0 radical (unpaired) electrons. The third-order valence-electron chi connectivity index (χ3n) is 6.39. The van der Waals surface area contributed by atoms with Gasteiger partial charge in [0.2, 0.25) is 0 Å². The summed E-state index contributed by atoms with van der Waals surface area (Å²) in [5.74, 6) is 1.12. The largest absolute Gasteiger partial charge is 0.482 e. The van der Waals surface area contributed by atoms with E-state index in [0.717, 1.165) is 19.4 Å². The molecule has 126 valence electrons. The maximum absolute atomic E-state index is 11.5. The molecule has 5 nitrogen and oxygen atoms in total. The van der Waals surface area contributed by atoms with E-state index in [0.29, 0.717) is 23.5 Å². The first-order valence-electron chi connectivity index (χ1n) is 8.60. The fourth-order valence-electron chi connectivity index (χ4n) is 5.46. The number of rotatable bonds is 1. The monoisotopic (exact) mass is 327 g/mol. The van der Waals surface area contributed by atoms with Gasteiger partial charge in [0.25, 0.3) is 0 Å². The van der Waals surface area contributed by atoms with Crippen LogP contribution in [0.25, 0.3) is 0 Å². The number of aliphatic hydroxyl groups is 1. The summed E-state index contributed by atoms with van der Waals surface area (Å²) in [4.78, 5) is 13.9. The fraction of sp³-hybridized carbons (Fsp3) is 0.526. The van der Waals surface area contributed by atoms with Crippen molar-refractivity contribution in [3.8, 4) is 11.5 Å². The third-order valence-corrected chi connectivity index (χ3v) is 6.39. The van der Waals surface area contributed by atoms with Gasteiger partial charge in [-0.3, -0.25) is 4.79 Å². The highest BCUT2D eigenvalue weighted by Gasteiger charge is 2.64. The zero-order valence-electron chi connectivity index (χ0n) is 13.9. The third kappa shape index (κ3) is 1.59. The van der Waals surface area contributed by atoms with Crippen LogP contribution >= 0.6 is 0 Å². The first kappa shape index (κ1) is 14.5. The zero-order valence-corrected chi connectivity index (χ0v) is 13.9. The summed E-state index contributed by atoms with van der Waals surface area (Å²) < 4.78 is 11.7. The van der Waals surface area contributed by atoms with Gasteiger partial charge >= 0.3 is 5.97 Å². The van der Waals surface area contributed by atoms with Gasteiger partial charge in [-0.1, -0.05) is 18.2 Å². The SMILES string of the molecule is CC(=O)Oc1ccc2c3c1OC1[C@@H](O)C=CC4[C@@H](C2)N(C)CC[C@@]341. The molecule has 1 fully saturated rings. The van der Waals surface area contributed by atoms with E-state index in [9.17, 15) is 9.90 Å². The second kappa shape index (κ2) is 4.61. The van der Waals surface area contributed by atoms with Crippen molar-refractivity contribution in [3.63, 3.8) is 0 Å². The van der Waals surface area contributed by atoms with Crippen LogP contribution in [0.15, 0.2) is 24.3 Å². The van der Waals surface area contributed by atoms with E-state index < -0.39 is 6.10 Å². The fourth-order valence-corrected chi connectivity index (χ4v) is 5.46. The molecule has 1 aromatic carbocycles. The smallest absolute Gasteiger partial charge is 0.308 e. The Morgan fingerprint density at radius 1 is 1.42 bits per heavy atom. The number of carbonyl (C=O) groups excluding carboxylic acids is 1. The quantitative estimate of drug-likeness (QED) is 0.480. The molecule has 2 unspecified atom stereocenters. The summed E-state index contributed by atoms with van der Waals surface area (Å²) in [6.07, 6.45) is 5.04. The van der Waals surface area contributed by atoms with Crippen LogP contribution in [-0.2, 0) is 16.6 Å². The number of carbonyl (C=O) groups is 1. The van der Waals surface area contributed by atoms with Crippen molar-refractivity contribution in [2.24, 2.45) is 5.92 Å². The number of hydrogen-bond donors (Lipinski definition) is 1. The van der Waals surface area contributed by atoms with Gasteiger partial charge in [-0.25, -0.2) is 0 Å². The Morgan fingerprint density at radius 3 is 3.04 bits per heavy atom. The second-order valence-electron chi connectivity index (χ2n) is 7.50. The highest BCUT2D eigenvalue weighted by molar-refractivity contribution is 5.72. The molecule has 2 heterocycles. The highest BCUT2D eigenvalue weighted by atomic mass is 16.6. The maximum atomic E-state index is 11.5. The van der Waals surface area contributed by atoms with Gasteiger partial charge in [0, 0.05) is 29.9 Å². The Balaban J connectivity index is 1.76. The number of nitrogens with zero attached hydrogens (tertiary/aromatic N) is 1. The summed E-state index contributed by atoms with van der Waals surface area (Å²) in [5, 5.41) is 10.6. The number of ether oxygens (including phenoxy) is 2. The number of hydrogen-bond acceptors (Lipinski definition) is 5. The summed E-state index contributed by atoms with van der Waals surface area (Å²) in [6, 6.07) is 4.32. The molecule has 2 bridgehead atoms. The van der Waals surface area contributed by atoms with E-state index in [1.54, 1.807) is 0 Å². The van der Waals surface area contributed by atoms with Crippen molar-refractivity contribution in [2.45, 2.75) is 43.4 Å². The molecule has 0 amide bonds. The van der Waals surface area contributed by atoms with E-state index in [1.807, 2.05) is 12.1 Å². The molecule has 4 aliphatic rings. The summed E-state index contributed by atoms with van der Waals surface area (Å²) in [6.45, 7) is 2.38. The van der Waals surface area contributed by atoms with Gasteiger partial charge < -0.3 is 19.5 Å². The van der Waals surface area contributed by atoms with Crippen LogP contribution in [0.4, 0.5) is 0 Å². The first-order chi connectivity index (χ1) is 11.5. The number of likely N-dealkylation sites (N-methyl/N-ethyl adjacent to an activating group) is 1. The molecule has 2 aliphatic carbocycles. The Kier molecular flexibility index (Phi) is 2.78. The average Bonchev–Trinajstić information content (AvgIpc) is 2.89. The van der Waals surface area contributed by atoms with Crippen molar-refractivity contribution in [1.29, 1.82) is 0 Å². The normalized spacial score (nSPS) is 38.5. The summed E-state index contributed by atoms with van der Waals surface area (Å²) in [5.41, 5.74) is 2.23. The van der Waals surface area contributed by atoms with Crippen LogP contribution < -0.4 is 9.47 Å². The predicted molar refractivity (Wildman–Crippen MR) is 87.2 cm³/mol. The standard InChI is InChI=1S/C19H21NO4/c1-10(21)23-15-6-3-11-9-13-12-4-5-14(22)18-19(12,7-8-20(13)2)16(11)17(15)24-18/h3-6,12-14,18,22H,7-9H2,1-2H3/t12?,13-,14+,18?,19+/m1/s1. The molecule has 24 heavy (non-hydrogen) atoms. The molecule has 1 aromatic rings. The van der Waals surface area contributed by atoms with Crippen LogP contribution in [0, 0.1) is 5.92 Å². The molecule has 5 atom stereocenters. The summed E-state index contributed by atoms with van der Waals surface area (Å²) >= 11 is 0. The predicted octanol–water partition coefficient (Wildman–Crippen LogP) is 1.42. The minimum Gasteiger partial charge on any atom is -0.482 e. The molecule has 1 N–H and O–H groups in total. The number of likely N-dealkylation sites (tertiary alicyclic amines) is 1. The van der Waals surface area contributed by atoms with Crippen molar-refractivity contribution >= 4 is 5.97 Å². The average molecular weight is 327 g/mol. The lowest BCUT2D eigenvalue weighted by Gasteiger charge is -2.56. The molecule has 5 rings (SSSR count). The van der Waals surface area contributed by atoms with E-state index in [1.165, 1.54) is 18.1 Å². The molecular formula is C19H21NO4. The van der Waals surface area contributed by atoms with E-state index in [4.69, 9.17) is 9.47 Å².